The van der Waals surface area contributed by atoms with Gasteiger partial charge in [-0.3, -0.25) is 9.78 Å². The van der Waals surface area contributed by atoms with Crippen LogP contribution in [0.4, 0.5) is 5.69 Å². The highest BCUT2D eigenvalue weighted by molar-refractivity contribution is 6.46. The van der Waals surface area contributed by atoms with Crippen LogP contribution in [0.1, 0.15) is 52.9 Å². The van der Waals surface area contributed by atoms with Crippen molar-refractivity contribution < 1.29 is 29.3 Å². The van der Waals surface area contributed by atoms with Gasteiger partial charge in [-0.1, -0.05) is 48.7 Å². The van der Waals surface area contributed by atoms with Crippen LogP contribution in [0.3, 0.4) is 0 Å². The summed E-state index contributed by atoms with van der Waals surface area (Å²) in [5.74, 6) is -2.52. The fraction of sp³-hybridized carbons (Fsp3) is 0.333. The first-order valence-corrected chi connectivity index (χ1v) is 11.0. The van der Waals surface area contributed by atoms with Crippen molar-refractivity contribution in [1.29, 1.82) is 0 Å². The van der Waals surface area contributed by atoms with Crippen molar-refractivity contribution in [3.63, 3.8) is 0 Å². The molecule has 2 aromatic rings. The molecular weight excluding hydrogens is 525 g/mol. The molecule has 188 valence electrons. The Bertz CT molecular complexity index is 1220. The summed E-state index contributed by atoms with van der Waals surface area (Å²) in [6, 6.07) is 1.48. The van der Waals surface area contributed by atoms with Crippen LogP contribution in [0.2, 0.25) is 15.2 Å². The van der Waals surface area contributed by atoms with Crippen LogP contribution < -0.4 is 11.1 Å². The number of nitrogens with two attached hydrogens (primary N) is 1. The van der Waals surface area contributed by atoms with Crippen molar-refractivity contribution >= 4 is 64.2 Å². The Hall–Kier alpha value is -2.99. The summed E-state index contributed by atoms with van der Waals surface area (Å²) in [5, 5.41) is 20.2. The van der Waals surface area contributed by atoms with Crippen LogP contribution in [0.25, 0.3) is 0 Å². The number of aromatic carboxylic acids is 2. The van der Waals surface area contributed by atoms with Gasteiger partial charge in [0, 0.05) is 13.3 Å². The van der Waals surface area contributed by atoms with E-state index >= 15 is 0 Å². The number of carbonyl (C=O) groups is 3. The standard InChI is InChI=1S/C15H19N3O4.C6H3Cl3N2O2/c1-8(2)15(3)14(21)17-12(18-15)11-10(13(19)20)5-9(6-16-11)7-22-4;7-1-3(10)2(8)5(9)11-4(1)6(12)13/h5-6,8H,7H2,1-4H3,(H,19,20)(H,17,18,21);(H2,10,11)(H,12,13). The summed E-state index contributed by atoms with van der Waals surface area (Å²) in [4.78, 5) is 46.1. The van der Waals surface area contributed by atoms with Gasteiger partial charge in [-0.2, -0.15) is 0 Å². The molecule has 0 saturated carbocycles. The zero-order valence-corrected chi connectivity index (χ0v) is 21.3. The summed E-state index contributed by atoms with van der Waals surface area (Å²) in [6.45, 7) is 5.76. The molecule has 14 heteroatoms. The predicted octanol–water partition coefficient (Wildman–Crippen LogP) is 3.54. The Morgan fingerprint density at radius 2 is 1.83 bits per heavy atom. The molecule has 0 aliphatic carbocycles. The van der Waals surface area contributed by atoms with E-state index in [1.807, 2.05) is 13.8 Å². The van der Waals surface area contributed by atoms with Crippen LogP contribution in [-0.4, -0.2) is 56.5 Å². The number of ether oxygens (including phenoxy) is 1. The minimum atomic E-state index is -1.31. The monoisotopic (exact) mass is 545 g/mol. The van der Waals surface area contributed by atoms with E-state index in [4.69, 9.17) is 50.4 Å². The van der Waals surface area contributed by atoms with Crippen LogP contribution >= 0.6 is 34.8 Å². The maximum absolute atomic E-state index is 12.2. The summed E-state index contributed by atoms with van der Waals surface area (Å²) in [7, 11) is 1.52. The number of amides is 1. The molecular formula is C21H22Cl3N5O6. The van der Waals surface area contributed by atoms with Crippen LogP contribution in [0, 0.1) is 5.92 Å². The minimum absolute atomic E-state index is 0.0124. The van der Waals surface area contributed by atoms with E-state index in [9.17, 15) is 19.5 Å². The van der Waals surface area contributed by atoms with Gasteiger partial charge in [-0.05, 0) is 24.5 Å². The molecule has 11 nitrogen and oxygen atoms in total. The van der Waals surface area contributed by atoms with Gasteiger partial charge >= 0.3 is 11.9 Å². The molecule has 2 aromatic heterocycles. The van der Waals surface area contributed by atoms with E-state index in [1.54, 1.807) is 6.92 Å². The molecule has 0 bridgehead atoms. The highest BCUT2D eigenvalue weighted by Gasteiger charge is 2.43. The number of carbonyl (C=O) groups excluding carboxylic acids is 1. The molecule has 1 aliphatic heterocycles. The molecule has 5 N–H and O–H groups in total. The summed E-state index contributed by atoms with van der Waals surface area (Å²) in [5.41, 5.74) is 4.74. The first kappa shape index (κ1) is 28.2. The van der Waals surface area contributed by atoms with Gasteiger partial charge in [0.1, 0.15) is 16.3 Å². The largest absolute Gasteiger partial charge is 0.478 e. The predicted molar refractivity (Wildman–Crippen MR) is 130 cm³/mol. The molecule has 3 heterocycles. The van der Waals surface area contributed by atoms with E-state index in [2.05, 4.69) is 20.3 Å². The first-order valence-electron chi connectivity index (χ1n) is 9.90. The molecule has 0 fully saturated rings. The number of nitrogen functional groups attached to an aromatic ring is 1. The lowest BCUT2D eigenvalue weighted by atomic mass is 9.89. The van der Waals surface area contributed by atoms with Crippen molar-refractivity contribution in [3.05, 3.63) is 50.0 Å². The number of aliphatic imine (C=N–C) groups is 1. The van der Waals surface area contributed by atoms with Crippen molar-refractivity contribution in [2.45, 2.75) is 32.9 Å². The lowest BCUT2D eigenvalue weighted by molar-refractivity contribution is -0.124. The summed E-state index contributed by atoms with van der Waals surface area (Å²) < 4.78 is 4.98. The molecule has 3 rings (SSSR count). The fourth-order valence-corrected chi connectivity index (χ4v) is 3.42. The zero-order valence-electron chi connectivity index (χ0n) is 19.0. The first-order chi connectivity index (χ1) is 16.2. The number of pyridine rings is 2. The zero-order chi connectivity index (χ0) is 26.7. The van der Waals surface area contributed by atoms with Crippen molar-refractivity contribution in [2.24, 2.45) is 10.9 Å². The van der Waals surface area contributed by atoms with E-state index in [0.717, 1.165) is 0 Å². The summed E-state index contributed by atoms with van der Waals surface area (Å²) in [6.07, 6.45) is 1.52. The van der Waals surface area contributed by atoms with Gasteiger partial charge < -0.3 is 26.0 Å². The van der Waals surface area contributed by atoms with E-state index in [-0.39, 0.29) is 56.4 Å². The lowest BCUT2D eigenvalue weighted by Gasteiger charge is -2.21. The molecule has 0 aromatic carbocycles. The number of carboxylic acids is 2. The number of amidine groups is 1. The van der Waals surface area contributed by atoms with Crippen LogP contribution in [0.15, 0.2) is 17.3 Å². The molecule has 0 spiro atoms. The number of carboxylic acid groups (broad SMARTS) is 2. The van der Waals surface area contributed by atoms with E-state index in [0.29, 0.717) is 5.56 Å². The molecule has 0 saturated heterocycles. The molecule has 35 heavy (non-hydrogen) atoms. The van der Waals surface area contributed by atoms with Gasteiger partial charge in [-0.15, -0.1) is 0 Å². The second-order valence-corrected chi connectivity index (χ2v) is 8.91. The van der Waals surface area contributed by atoms with Crippen LogP contribution in [-0.2, 0) is 16.1 Å². The van der Waals surface area contributed by atoms with E-state index in [1.165, 1.54) is 19.4 Å². The Balaban J connectivity index is 0.000000283. The number of hydrogen-bond donors (Lipinski definition) is 4. The maximum atomic E-state index is 12.2. The average Bonchev–Trinajstić information content (AvgIpc) is 3.10. The number of halogens is 3. The second-order valence-electron chi connectivity index (χ2n) is 7.79. The fourth-order valence-electron chi connectivity index (χ4n) is 2.83. The Morgan fingerprint density at radius 3 is 2.31 bits per heavy atom. The van der Waals surface area contributed by atoms with Gasteiger partial charge in [0.25, 0.3) is 5.91 Å². The Morgan fingerprint density at radius 1 is 1.20 bits per heavy atom. The number of aromatic nitrogens is 2. The Labute approximate surface area is 215 Å². The molecule has 1 unspecified atom stereocenters. The second kappa shape index (κ2) is 11.2. The molecule has 1 atom stereocenters. The number of hydrogen-bond acceptors (Lipinski definition) is 8. The average molecular weight is 547 g/mol. The number of anilines is 1. The summed E-state index contributed by atoms with van der Waals surface area (Å²) >= 11 is 16.6. The highest BCUT2D eigenvalue weighted by Crippen LogP contribution is 2.34. The highest BCUT2D eigenvalue weighted by atomic mass is 35.5. The molecule has 0 radical (unpaired) electrons. The van der Waals surface area contributed by atoms with Crippen molar-refractivity contribution in [1.82, 2.24) is 15.3 Å². The normalized spacial score (nSPS) is 16.9. The SMILES string of the molecule is COCc1cnc(C2=NC(C)(C(C)C)C(=O)N2)c(C(=O)O)c1.Nc1c(Cl)c(Cl)nc(C(=O)O)c1Cl. The maximum Gasteiger partial charge on any atom is 0.356 e. The van der Waals surface area contributed by atoms with Crippen LogP contribution in [0.5, 0.6) is 0 Å². The lowest BCUT2D eigenvalue weighted by Crippen LogP contribution is -2.41. The Kier molecular flexibility index (Phi) is 9.01. The smallest absolute Gasteiger partial charge is 0.356 e. The van der Waals surface area contributed by atoms with Crippen molar-refractivity contribution in [2.75, 3.05) is 12.8 Å². The third-order valence-electron chi connectivity index (χ3n) is 5.14. The van der Waals surface area contributed by atoms with Gasteiger partial charge in [0.05, 0.1) is 22.9 Å². The number of nitrogens with one attached hydrogen (secondary N) is 1. The van der Waals surface area contributed by atoms with Gasteiger partial charge in [0.2, 0.25) is 0 Å². The quantitative estimate of drug-likeness (QED) is 0.394. The molecule has 1 amide bonds. The number of rotatable bonds is 6. The van der Waals surface area contributed by atoms with E-state index < -0.39 is 23.2 Å². The van der Waals surface area contributed by atoms with Gasteiger partial charge in [0.15, 0.2) is 16.7 Å². The minimum Gasteiger partial charge on any atom is -0.478 e. The van der Waals surface area contributed by atoms with Crippen molar-refractivity contribution in [3.8, 4) is 0 Å². The number of methoxy groups -OCH3 is 1. The molecule has 1 aliphatic rings. The van der Waals surface area contributed by atoms with Gasteiger partial charge in [-0.25, -0.2) is 19.6 Å². The third-order valence-corrected chi connectivity index (χ3v) is 6.28. The third kappa shape index (κ3) is 5.99. The topological polar surface area (TPSA) is 177 Å². The number of nitrogens with zero attached hydrogens (tertiary/aromatic N) is 3.